The fourth-order valence-electron chi connectivity index (χ4n) is 4.35. The van der Waals surface area contributed by atoms with Crippen LogP contribution in [0.15, 0.2) is 113 Å². The van der Waals surface area contributed by atoms with Gasteiger partial charge in [0.1, 0.15) is 17.4 Å². The van der Waals surface area contributed by atoms with Crippen LogP contribution in [0.5, 0.6) is 0 Å². The lowest BCUT2D eigenvalue weighted by atomic mass is 10.2. The molecule has 5 aromatic rings. The van der Waals surface area contributed by atoms with E-state index in [1.165, 1.54) is 64.4 Å². The number of furan rings is 1. The molecule has 0 aliphatic carbocycles. The highest BCUT2D eigenvalue weighted by molar-refractivity contribution is 7.90. The molecule has 0 unspecified atom stereocenters. The number of carbonyl (C=O) groups excluding carboxylic acids is 1. The first-order chi connectivity index (χ1) is 19.3. The Morgan fingerprint density at radius 2 is 1.60 bits per heavy atom. The van der Waals surface area contributed by atoms with Gasteiger partial charge in [-0.15, -0.1) is 0 Å². The fourth-order valence-corrected chi connectivity index (χ4v) is 5.85. The van der Waals surface area contributed by atoms with Crippen LogP contribution in [-0.2, 0) is 35.2 Å². The van der Waals surface area contributed by atoms with Crippen molar-refractivity contribution in [2.45, 2.75) is 30.5 Å². The maximum absolute atomic E-state index is 14.3. The van der Waals surface area contributed by atoms with Gasteiger partial charge >= 0.3 is 0 Å². The molecule has 1 amide bonds. The lowest BCUT2D eigenvalue weighted by Crippen LogP contribution is -2.31. The number of hydrogen-bond donors (Lipinski definition) is 0. The van der Waals surface area contributed by atoms with E-state index in [1.807, 2.05) is 30.3 Å². The molecule has 0 aliphatic heterocycles. The zero-order chi connectivity index (χ0) is 28.1. The van der Waals surface area contributed by atoms with Gasteiger partial charge in [0.2, 0.25) is 15.0 Å². The van der Waals surface area contributed by atoms with Gasteiger partial charge in [-0.3, -0.25) is 4.79 Å². The molecule has 0 fully saturated rings. The zero-order valence-electron chi connectivity index (χ0n) is 21.3. The second kappa shape index (κ2) is 11.7. The molecule has 5 rings (SSSR count). The van der Waals surface area contributed by atoms with Crippen LogP contribution < -0.4 is 0 Å². The van der Waals surface area contributed by atoms with Crippen molar-refractivity contribution in [2.24, 2.45) is 0 Å². The van der Waals surface area contributed by atoms with E-state index in [0.717, 1.165) is 5.56 Å². The summed E-state index contributed by atoms with van der Waals surface area (Å²) in [5.41, 5.74) is 1.54. The van der Waals surface area contributed by atoms with E-state index in [4.69, 9.17) is 4.42 Å². The van der Waals surface area contributed by atoms with Crippen LogP contribution in [0.2, 0.25) is 0 Å². The van der Waals surface area contributed by atoms with Crippen molar-refractivity contribution in [3.05, 3.63) is 143 Å². The predicted octanol–water partition coefficient (Wildman–Crippen LogP) is 5.62. The maximum atomic E-state index is 14.3. The molecule has 2 heterocycles. The fraction of sp³-hybridized carbons (Fsp3) is 0.133. The van der Waals surface area contributed by atoms with Crippen molar-refractivity contribution < 1.29 is 26.4 Å². The first-order valence-electron chi connectivity index (χ1n) is 12.4. The monoisotopic (exact) mass is 561 g/mol. The van der Waals surface area contributed by atoms with Gasteiger partial charge in [0, 0.05) is 11.1 Å². The number of aromatic nitrogens is 2. The Labute approximate surface area is 230 Å². The van der Waals surface area contributed by atoms with E-state index < -0.39 is 33.1 Å². The maximum Gasteiger partial charge on any atom is 0.254 e. The van der Waals surface area contributed by atoms with Crippen LogP contribution in [0.4, 0.5) is 8.78 Å². The summed E-state index contributed by atoms with van der Waals surface area (Å²) in [6, 6.07) is 23.5. The average Bonchev–Trinajstić information content (AvgIpc) is 3.61. The lowest BCUT2D eigenvalue weighted by Gasteiger charge is -2.23. The number of carbonyl (C=O) groups is 1. The summed E-state index contributed by atoms with van der Waals surface area (Å²) in [4.78, 5) is 19.2. The standard InChI is InChI=1S/C30H25F2N3O4S/c31-25-14-12-23(13-15-25)29(36)34(20-27-10-6-16-39-27)19-26-17-33-30(35(26)18-22-7-2-1-3-8-22)40(37,38)21-24-9-4-5-11-28(24)32/h1-17H,18-21H2. The van der Waals surface area contributed by atoms with Gasteiger partial charge < -0.3 is 13.9 Å². The Morgan fingerprint density at radius 1 is 0.875 bits per heavy atom. The lowest BCUT2D eigenvalue weighted by molar-refractivity contribution is 0.0713. The van der Waals surface area contributed by atoms with Crippen molar-refractivity contribution in [1.29, 1.82) is 0 Å². The minimum atomic E-state index is -4.08. The van der Waals surface area contributed by atoms with Gasteiger partial charge in [0.05, 0.1) is 43.5 Å². The number of rotatable bonds is 10. The molecule has 0 saturated heterocycles. The molecule has 3 aromatic carbocycles. The number of hydrogen-bond acceptors (Lipinski definition) is 5. The van der Waals surface area contributed by atoms with Crippen LogP contribution >= 0.6 is 0 Å². The quantitative estimate of drug-likeness (QED) is 0.221. The van der Waals surface area contributed by atoms with Crippen molar-refractivity contribution in [1.82, 2.24) is 14.5 Å². The van der Waals surface area contributed by atoms with Gasteiger partial charge in [0.15, 0.2) is 0 Å². The molecule has 10 heteroatoms. The Kier molecular flexibility index (Phi) is 7.88. The molecule has 0 spiro atoms. The summed E-state index contributed by atoms with van der Waals surface area (Å²) in [5, 5.41) is -0.234. The minimum absolute atomic E-state index is 0.0219. The highest BCUT2D eigenvalue weighted by Gasteiger charge is 2.27. The SMILES string of the molecule is O=C(c1ccc(F)cc1)N(Cc1ccco1)Cc1cnc(S(=O)(=O)Cc2ccccc2F)n1Cc1ccccc1. The minimum Gasteiger partial charge on any atom is -0.467 e. The third-order valence-corrected chi connectivity index (χ3v) is 7.90. The van der Waals surface area contributed by atoms with Crippen molar-refractivity contribution >= 4 is 15.7 Å². The molecule has 40 heavy (non-hydrogen) atoms. The van der Waals surface area contributed by atoms with E-state index in [-0.39, 0.29) is 35.9 Å². The van der Waals surface area contributed by atoms with E-state index in [2.05, 4.69) is 4.98 Å². The largest absolute Gasteiger partial charge is 0.467 e. The molecule has 0 atom stereocenters. The van der Waals surface area contributed by atoms with Gasteiger partial charge in [-0.1, -0.05) is 48.5 Å². The number of imidazole rings is 1. The molecule has 0 bridgehead atoms. The van der Waals surface area contributed by atoms with Gasteiger partial charge in [-0.05, 0) is 48.0 Å². The predicted molar refractivity (Wildman–Crippen MR) is 144 cm³/mol. The summed E-state index contributed by atoms with van der Waals surface area (Å²) in [6.45, 7) is 0.213. The van der Waals surface area contributed by atoms with E-state index in [0.29, 0.717) is 11.5 Å². The van der Waals surface area contributed by atoms with Gasteiger partial charge in [-0.25, -0.2) is 22.2 Å². The third kappa shape index (κ3) is 6.18. The van der Waals surface area contributed by atoms with Crippen LogP contribution in [0.1, 0.15) is 32.9 Å². The van der Waals surface area contributed by atoms with Crippen LogP contribution in [-0.4, -0.2) is 28.8 Å². The summed E-state index contributed by atoms with van der Waals surface area (Å²) >= 11 is 0. The first-order valence-corrected chi connectivity index (χ1v) is 14.1. The van der Waals surface area contributed by atoms with Crippen LogP contribution in [0, 0.1) is 11.6 Å². The second-order valence-corrected chi connectivity index (χ2v) is 11.1. The summed E-state index contributed by atoms with van der Waals surface area (Å²) < 4.78 is 61.9. The summed E-state index contributed by atoms with van der Waals surface area (Å²) in [6.07, 6.45) is 2.90. The van der Waals surface area contributed by atoms with Gasteiger partial charge in [-0.2, -0.15) is 0 Å². The zero-order valence-corrected chi connectivity index (χ0v) is 22.1. The van der Waals surface area contributed by atoms with Crippen LogP contribution in [0.25, 0.3) is 0 Å². The first kappa shape index (κ1) is 27.0. The molecule has 0 saturated carbocycles. The molecule has 0 radical (unpaired) electrons. The summed E-state index contributed by atoms with van der Waals surface area (Å²) in [7, 11) is -4.08. The van der Waals surface area contributed by atoms with E-state index in [9.17, 15) is 22.0 Å². The van der Waals surface area contributed by atoms with Crippen LogP contribution in [0.3, 0.4) is 0 Å². The molecule has 2 aromatic heterocycles. The van der Waals surface area contributed by atoms with Crippen molar-refractivity contribution in [3.8, 4) is 0 Å². The average molecular weight is 562 g/mol. The Hall–Kier alpha value is -4.57. The highest BCUT2D eigenvalue weighted by Crippen LogP contribution is 2.23. The molecular formula is C30H25F2N3O4S. The molecule has 0 aliphatic rings. The number of amides is 1. The third-order valence-electron chi connectivity index (χ3n) is 6.32. The van der Waals surface area contributed by atoms with Crippen molar-refractivity contribution in [3.63, 3.8) is 0 Å². The molecule has 0 N–H and O–H groups in total. The highest BCUT2D eigenvalue weighted by atomic mass is 32.2. The smallest absolute Gasteiger partial charge is 0.254 e. The number of sulfone groups is 1. The Morgan fingerprint density at radius 3 is 2.30 bits per heavy atom. The van der Waals surface area contributed by atoms with Gasteiger partial charge in [0.25, 0.3) is 5.91 Å². The topological polar surface area (TPSA) is 85.4 Å². The molecule has 204 valence electrons. The normalized spacial score (nSPS) is 11.4. The van der Waals surface area contributed by atoms with Crippen molar-refractivity contribution in [2.75, 3.05) is 0 Å². The van der Waals surface area contributed by atoms with E-state index >= 15 is 0 Å². The summed E-state index contributed by atoms with van der Waals surface area (Å²) in [5.74, 6) is -1.56. The van der Waals surface area contributed by atoms with E-state index in [1.54, 1.807) is 18.2 Å². The molecular weight excluding hydrogens is 536 g/mol. The Balaban J connectivity index is 1.53. The number of nitrogens with zero attached hydrogens (tertiary/aromatic N) is 3. The Bertz CT molecular complexity index is 1700. The number of benzene rings is 3. The molecule has 7 nitrogen and oxygen atoms in total. The second-order valence-electron chi connectivity index (χ2n) is 9.20. The number of halogens is 2.